The molecule has 0 bridgehead atoms. The third-order valence-electron chi connectivity index (χ3n) is 11.9. The number of unbranched alkanes of at least 4 members (excludes halogenated alkanes) is 4. The molecule has 4 amide bonds. The van der Waals surface area contributed by atoms with Gasteiger partial charge in [0.25, 0.3) is 11.8 Å². The first kappa shape index (κ1) is 42.4. The number of fused-ring (bicyclic) bond motifs is 2. The summed E-state index contributed by atoms with van der Waals surface area (Å²) in [6.45, 7) is 4.04. The van der Waals surface area contributed by atoms with E-state index in [1.165, 1.54) is 37.8 Å². The molecule has 3 aliphatic heterocycles. The molecule has 15 nitrogen and oxygen atoms in total. The summed E-state index contributed by atoms with van der Waals surface area (Å²) in [6.07, 6.45) is 13.0. The number of nitrogens with one attached hydrogen (secondary N) is 3. The highest BCUT2D eigenvalue weighted by molar-refractivity contribution is 7.92. The molecule has 8 rings (SSSR count). The molecular weight excluding hydrogens is 809 g/mol. The van der Waals surface area contributed by atoms with Gasteiger partial charge in [-0.3, -0.25) is 34.1 Å². The van der Waals surface area contributed by atoms with Crippen LogP contribution in [0.15, 0.2) is 85.1 Å². The third kappa shape index (κ3) is 9.75. The first-order chi connectivity index (χ1) is 29.9. The zero-order chi connectivity index (χ0) is 43.4. The quantitative estimate of drug-likeness (QED) is 0.0629. The first-order valence-electron chi connectivity index (χ1n) is 21.5. The highest BCUT2D eigenvalue weighted by Crippen LogP contribution is 2.35. The SMILES string of the molecule is CC(CCCCCCCC1CCN(c2ccc(Nc3ncc4ccc(-c5cccc(NS(C)(=O)=O)c5)n4n3)cc2)CC1)Oc1cccc2c1C(=O)N(C1CCC(=O)NC1=O)C2=O. The predicted octanol–water partition coefficient (Wildman–Crippen LogP) is 7.33. The van der Waals surface area contributed by atoms with Crippen LogP contribution < -0.4 is 25.0 Å². The van der Waals surface area contributed by atoms with Crippen LogP contribution >= 0.6 is 0 Å². The third-order valence-corrected chi connectivity index (χ3v) is 12.6. The van der Waals surface area contributed by atoms with Crippen molar-refractivity contribution in [2.75, 3.05) is 34.3 Å². The average Bonchev–Trinajstić information content (AvgIpc) is 3.78. The molecule has 0 aliphatic carbocycles. The number of carbonyl (C=O) groups is 4. The van der Waals surface area contributed by atoms with Crippen molar-refractivity contribution in [2.24, 2.45) is 5.92 Å². The molecule has 0 radical (unpaired) electrons. The fourth-order valence-electron chi connectivity index (χ4n) is 8.75. The maximum Gasteiger partial charge on any atom is 0.266 e. The van der Waals surface area contributed by atoms with E-state index in [-0.39, 0.29) is 30.1 Å². The van der Waals surface area contributed by atoms with Crippen molar-refractivity contribution in [1.82, 2.24) is 24.8 Å². The van der Waals surface area contributed by atoms with Crippen LogP contribution in [0.2, 0.25) is 0 Å². The Bertz CT molecular complexity index is 2590. The number of carbonyl (C=O) groups excluding carboxylic acids is 4. The van der Waals surface area contributed by atoms with Gasteiger partial charge >= 0.3 is 0 Å². The molecule has 62 heavy (non-hydrogen) atoms. The lowest BCUT2D eigenvalue weighted by Gasteiger charge is -2.33. The molecule has 2 unspecified atom stereocenters. The van der Waals surface area contributed by atoms with E-state index in [1.54, 1.807) is 47.1 Å². The summed E-state index contributed by atoms with van der Waals surface area (Å²) in [7, 11) is -3.40. The zero-order valence-corrected chi connectivity index (χ0v) is 35.8. The van der Waals surface area contributed by atoms with E-state index in [0.717, 1.165) is 78.3 Å². The Morgan fingerprint density at radius 3 is 2.39 bits per heavy atom. The summed E-state index contributed by atoms with van der Waals surface area (Å²) in [6, 6.07) is 23.4. The van der Waals surface area contributed by atoms with Crippen molar-refractivity contribution in [2.45, 2.75) is 89.7 Å². The molecule has 3 N–H and O–H groups in total. The summed E-state index contributed by atoms with van der Waals surface area (Å²) in [5.41, 5.74) is 5.43. The molecule has 2 atom stereocenters. The standard InChI is InChI=1S/C46H52N8O7S/c1-30(61-40-15-9-14-37-42(40)45(58)53(44(37)57)39-22-23-41(55)49-43(39)56)10-6-4-3-5-7-11-31-24-26-52(27-25-31)35-18-16-33(17-19-35)48-46-47-29-36-20-21-38(54(36)50-46)32-12-8-13-34(28-32)51-62(2,59)60/h8-9,12-21,28-31,39,51H,3-7,10-11,22-27H2,1-2H3,(H,48,50)(H,49,55,56). The van der Waals surface area contributed by atoms with Gasteiger partial charge in [-0.15, -0.1) is 5.10 Å². The van der Waals surface area contributed by atoms with Crippen LogP contribution in [0.1, 0.15) is 98.3 Å². The topological polar surface area (TPSA) is 184 Å². The minimum absolute atomic E-state index is 0.0752. The Labute approximate surface area is 361 Å². The molecule has 2 aromatic heterocycles. The van der Waals surface area contributed by atoms with E-state index >= 15 is 0 Å². The van der Waals surface area contributed by atoms with Crippen LogP contribution in [-0.2, 0) is 19.6 Å². The number of aromatic nitrogens is 3. The second-order valence-electron chi connectivity index (χ2n) is 16.6. The van der Waals surface area contributed by atoms with Gasteiger partial charge < -0.3 is 15.0 Å². The fraction of sp³-hybridized carbons (Fsp3) is 0.391. The maximum absolute atomic E-state index is 13.4. The highest BCUT2D eigenvalue weighted by Gasteiger charge is 2.46. The van der Waals surface area contributed by atoms with Gasteiger partial charge in [0.05, 0.1) is 40.9 Å². The Balaban J connectivity index is 0.733. The monoisotopic (exact) mass is 860 g/mol. The molecule has 0 spiro atoms. The molecule has 324 valence electrons. The van der Waals surface area contributed by atoms with Gasteiger partial charge in [-0.2, -0.15) is 0 Å². The Hall–Kier alpha value is -6.29. The number of amides is 4. The van der Waals surface area contributed by atoms with Crippen molar-refractivity contribution in [3.63, 3.8) is 0 Å². The highest BCUT2D eigenvalue weighted by atomic mass is 32.2. The Morgan fingerprint density at radius 1 is 0.855 bits per heavy atom. The summed E-state index contributed by atoms with van der Waals surface area (Å²) in [5.74, 6) is -0.589. The first-order valence-corrected chi connectivity index (χ1v) is 23.4. The lowest BCUT2D eigenvalue weighted by Crippen LogP contribution is -2.54. The van der Waals surface area contributed by atoms with Gasteiger partial charge in [0.2, 0.25) is 27.8 Å². The number of rotatable bonds is 17. The second kappa shape index (κ2) is 18.4. The van der Waals surface area contributed by atoms with Crippen molar-refractivity contribution in [1.29, 1.82) is 0 Å². The van der Waals surface area contributed by atoms with Crippen LogP contribution in [0.25, 0.3) is 16.8 Å². The number of nitrogens with zero attached hydrogens (tertiary/aromatic N) is 5. The van der Waals surface area contributed by atoms with Gasteiger partial charge in [0.15, 0.2) is 0 Å². The molecule has 2 fully saturated rings. The van der Waals surface area contributed by atoms with E-state index in [1.807, 2.05) is 37.3 Å². The summed E-state index contributed by atoms with van der Waals surface area (Å²) < 4.78 is 34.0. The Morgan fingerprint density at radius 2 is 1.61 bits per heavy atom. The van der Waals surface area contributed by atoms with Crippen LogP contribution in [-0.4, -0.2) is 83.0 Å². The van der Waals surface area contributed by atoms with Gasteiger partial charge in [-0.05, 0) is 106 Å². The average molecular weight is 861 g/mol. The zero-order valence-electron chi connectivity index (χ0n) is 35.0. The molecule has 16 heteroatoms. The number of anilines is 4. The fourth-order valence-corrected chi connectivity index (χ4v) is 9.31. The smallest absolute Gasteiger partial charge is 0.266 e. The van der Waals surface area contributed by atoms with E-state index < -0.39 is 39.7 Å². The number of imide groups is 2. The van der Waals surface area contributed by atoms with Crippen molar-refractivity contribution >= 4 is 62.2 Å². The molecule has 3 aromatic carbocycles. The Kier molecular flexibility index (Phi) is 12.6. The minimum atomic E-state index is -3.40. The van der Waals surface area contributed by atoms with E-state index in [0.29, 0.717) is 17.4 Å². The van der Waals surface area contributed by atoms with Crippen molar-refractivity contribution < 1.29 is 32.3 Å². The van der Waals surface area contributed by atoms with Crippen LogP contribution in [0.3, 0.4) is 0 Å². The molecule has 5 aromatic rings. The number of hydrogen-bond donors (Lipinski definition) is 3. The van der Waals surface area contributed by atoms with Gasteiger partial charge in [0.1, 0.15) is 11.8 Å². The molecule has 0 saturated carbocycles. The molecular formula is C46H52N8O7S. The summed E-state index contributed by atoms with van der Waals surface area (Å²) >= 11 is 0. The molecule has 3 aliphatic rings. The molecule has 2 saturated heterocycles. The predicted molar refractivity (Wildman–Crippen MR) is 237 cm³/mol. The van der Waals surface area contributed by atoms with Crippen molar-refractivity contribution in [3.8, 4) is 17.0 Å². The summed E-state index contributed by atoms with van der Waals surface area (Å²) in [4.78, 5) is 58.5. The van der Waals surface area contributed by atoms with Gasteiger partial charge in [-0.1, -0.05) is 50.3 Å². The van der Waals surface area contributed by atoms with Crippen molar-refractivity contribution in [3.05, 3.63) is 96.2 Å². The normalized spacial score (nSPS) is 17.6. The molecule has 5 heterocycles. The van der Waals surface area contributed by atoms with Crippen LogP contribution in [0.4, 0.5) is 23.0 Å². The largest absolute Gasteiger partial charge is 0.490 e. The van der Waals surface area contributed by atoms with E-state index in [9.17, 15) is 27.6 Å². The van der Waals surface area contributed by atoms with E-state index in [4.69, 9.17) is 9.84 Å². The van der Waals surface area contributed by atoms with Gasteiger partial charge in [-0.25, -0.2) is 17.9 Å². The van der Waals surface area contributed by atoms with Crippen LogP contribution in [0, 0.1) is 5.92 Å². The van der Waals surface area contributed by atoms with E-state index in [2.05, 4.69) is 37.4 Å². The van der Waals surface area contributed by atoms with Gasteiger partial charge in [0, 0.05) is 42.1 Å². The number of hydrogen-bond acceptors (Lipinski definition) is 11. The number of ether oxygens (including phenoxy) is 1. The number of piperidine rings is 2. The number of sulfonamides is 1. The minimum Gasteiger partial charge on any atom is -0.490 e. The summed E-state index contributed by atoms with van der Waals surface area (Å²) in [5, 5.41) is 10.3. The van der Waals surface area contributed by atoms with Crippen LogP contribution in [0.5, 0.6) is 5.75 Å². The number of benzene rings is 3. The lowest BCUT2D eigenvalue weighted by molar-refractivity contribution is -0.136. The lowest BCUT2D eigenvalue weighted by atomic mass is 9.90. The second-order valence-corrected chi connectivity index (χ2v) is 18.3. The maximum atomic E-state index is 13.4.